The standard InChI is InChI=1S/C17H22FNO4/c1-2-9-19(10-8-12-4-3-5-13(18)11-12)16(20)14-6-7-15(23-14)17(21)22/h3-5,11,14-15H,2,6-10H2,1H3,(H,21,22)/t14-,15+/m0/s1. The summed E-state index contributed by atoms with van der Waals surface area (Å²) in [6.07, 6.45) is 0.555. The van der Waals surface area contributed by atoms with Crippen LogP contribution in [0.4, 0.5) is 4.39 Å². The molecule has 0 aliphatic carbocycles. The van der Waals surface area contributed by atoms with Crippen LogP contribution in [0.25, 0.3) is 0 Å². The van der Waals surface area contributed by atoms with Crippen molar-refractivity contribution in [2.24, 2.45) is 0 Å². The summed E-state index contributed by atoms with van der Waals surface area (Å²) >= 11 is 0. The summed E-state index contributed by atoms with van der Waals surface area (Å²) in [5.74, 6) is -1.49. The second-order valence-electron chi connectivity index (χ2n) is 5.73. The first kappa shape index (κ1) is 17.4. The number of nitrogens with zero attached hydrogens (tertiary/aromatic N) is 1. The van der Waals surface area contributed by atoms with Crippen LogP contribution in [-0.2, 0) is 20.7 Å². The Morgan fingerprint density at radius 2 is 2.04 bits per heavy atom. The summed E-state index contributed by atoms with van der Waals surface area (Å²) < 4.78 is 18.5. The summed E-state index contributed by atoms with van der Waals surface area (Å²) in [7, 11) is 0. The lowest BCUT2D eigenvalue weighted by Gasteiger charge is -2.25. The number of carbonyl (C=O) groups excluding carboxylic acids is 1. The van der Waals surface area contributed by atoms with E-state index in [4.69, 9.17) is 9.84 Å². The van der Waals surface area contributed by atoms with Gasteiger partial charge in [-0.15, -0.1) is 0 Å². The van der Waals surface area contributed by atoms with E-state index < -0.39 is 18.2 Å². The van der Waals surface area contributed by atoms with Crippen molar-refractivity contribution in [1.29, 1.82) is 0 Å². The molecule has 5 nitrogen and oxygen atoms in total. The van der Waals surface area contributed by atoms with E-state index >= 15 is 0 Å². The van der Waals surface area contributed by atoms with E-state index in [9.17, 15) is 14.0 Å². The van der Waals surface area contributed by atoms with Crippen LogP contribution in [0.3, 0.4) is 0 Å². The van der Waals surface area contributed by atoms with Crippen molar-refractivity contribution in [2.45, 2.75) is 44.8 Å². The van der Waals surface area contributed by atoms with Gasteiger partial charge in [-0.1, -0.05) is 19.1 Å². The predicted molar refractivity (Wildman–Crippen MR) is 82.5 cm³/mol. The molecule has 0 radical (unpaired) electrons. The largest absolute Gasteiger partial charge is 0.479 e. The molecule has 0 bridgehead atoms. The third-order valence-corrected chi connectivity index (χ3v) is 3.94. The van der Waals surface area contributed by atoms with Gasteiger partial charge in [0.05, 0.1) is 0 Å². The molecule has 0 unspecified atom stereocenters. The summed E-state index contributed by atoms with van der Waals surface area (Å²) in [4.78, 5) is 25.1. The Balaban J connectivity index is 1.95. The van der Waals surface area contributed by atoms with Crippen LogP contribution in [0.15, 0.2) is 24.3 Å². The van der Waals surface area contributed by atoms with E-state index in [0.29, 0.717) is 32.4 Å². The van der Waals surface area contributed by atoms with Crippen LogP contribution < -0.4 is 0 Å². The molecule has 0 saturated carbocycles. The van der Waals surface area contributed by atoms with Crippen molar-refractivity contribution in [3.8, 4) is 0 Å². The monoisotopic (exact) mass is 323 g/mol. The Labute approximate surface area is 135 Å². The van der Waals surface area contributed by atoms with E-state index in [1.807, 2.05) is 13.0 Å². The Bertz CT molecular complexity index is 563. The number of carboxylic acids is 1. The average Bonchev–Trinajstić information content (AvgIpc) is 3.01. The third kappa shape index (κ3) is 4.76. The number of hydrogen-bond donors (Lipinski definition) is 1. The molecule has 0 aromatic heterocycles. The minimum absolute atomic E-state index is 0.174. The zero-order valence-corrected chi connectivity index (χ0v) is 13.2. The van der Waals surface area contributed by atoms with Crippen molar-refractivity contribution >= 4 is 11.9 Å². The van der Waals surface area contributed by atoms with Gasteiger partial charge >= 0.3 is 5.97 Å². The third-order valence-electron chi connectivity index (χ3n) is 3.94. The Morgan fingerprint density at radius 3 is 2.65 bits per heavy atom. The van der Waals surface area contributed by atoms with Gasteiger partial charge < -0.3 is 14.7 Å². The number of carbonyl (C=O) groups is 2. The van der Waals surface area contributed by atoms with Crippen LogP contribution in [0.5, 0.6) is 0 Å². The van der Waals surface area contributed by atoms with E-state index in [1.165, 1.54) is 12.1 Å². The lowest BCUT2D eigenvalue weighted by molar-refractivity contribution is -0.154. The Morgan fingerprint density at radius 1 is 1.30 bits per heavy atom. The number of carboxylic acid groups (broad SMARTS) is 1. The molecule has 1 amide bonds. The molecule has 1 fully saturated rings. The maximum absolute atomic E-state index is 13.2. The molecule has 23 heavy (non-hydrogen) atoms. The molecule has 1 N–H and O–H groups in total. The Kier molecular flexibility index (Phi) is 6.10. The van der Waals surface area contributed by atoms with Crippen LogP contribution >= 0.6 is 0 Å². The van der Waals surface area contributed by atoms with Gasteiger partial charge in [-0.3, -0.25) is 4.79 Å². The van der Waals surface area contributed by atoms with E-state index in [-0.39, 0.29) is 11.7 Å². The highest BCUT2D eigenvalue weighted by Gasteiger charge is 2.36. The first-order chi connectivity index (χ1) is 11.0. The fourth-order valence-electron chi connectivity index (χ4n) is 2.76. The van der Waals surface area contributed by atoms with Gasteiger partial charge in [0.15, 0.2) is 6.10 Å². The number of rotatable bonds is 7. The molecule has 1 aliphatic rings. The maximum Gasteiger partial charge on any atom is 0.332 e. The quantitative estimate of drug-likeness (QED) is 0.836. The fraction of sp³-hybridized carbons (Fsp3) is 0.529. The number of halogens is 1. The highest BCUT2D eigenvalue weighted by molar-refractivity contribution is 5.82. The van der Waals surface area contributed by atoms with Gasteiger partial charge in [-0.05, 0) is 43.4 Å². The number of aliphatic carboxylic acids is 1. The first-order valence-electron chi connectivity index (χ1n) is 7.92. The zero-order chi connectivity index (χ0) is 16.8. The van der Waals surface area contributed by atoms with Crippen LogP contribution in [0.1, 0.15) is 31.7 Å². The molecular formula is C17H22FNO4. The highest BCUT2D eigenvalue weighted by Crippen LogP contribution is 2.22. The second-order valence-corrected chi connectivity index (χ2v) is 5.73. The maximum atomic E-state index is 13.2. The SMILES string of the molecule is CCCN(CCc1cccc(F)c1)C(=O)[C@@H]1CC[C@H](C(=O)O)O1. The normalized spacial score (nSPS) is 20.4. The lowest BCUT2D eigenvalue weighted by atomic mass is 10.1. The number of benzene rings is 1. The van der Waals surface area contributed by atoms with Crippen molar-refractivity contribution in [2.75, 3.05) is 13.1 Å². The molecule has 1 aromatic rings. The Hall–Kier alpha value is -1.95. The lowest BCUT2D eigenvalue weighted by Crippen LogP contribution is -2.41. The molecule has 6 heteroatoms. The van der Waals surface area contributed by atoms with Gasteiger partial charge in [0.2, 0.25) is 0 Å². The summed E-state index contributed by atoms with van der Waals surface area (Å²) in [6, 6.07) is 6.32. The topological polar surface area (TPSA) is 66.8 Å². The summed E-state index contributed by atoms with van der Waals surface area (Å²) in [5, 5.41) is 8.95. The van der Waals surface area contributed by atoms with Gasteiger partial charge in [-0.25, -0.2) is 9.18 Å². The molecule has 1 heterocycles. The van der Waals surface area contributed by atoms with E-state index in [1.54, 1.807) is 11.0 Å². The fourth-order valence-corrected chi connectivity index (χ4v) is 2.76. The molecule has 2 atom stereocenters. The molecule has 2 rings (SSSR count). The molecule has 0 spiro atoms. The van der Waals surface area contributed by atoms with Crippen molar-refractivity contribution in [3.05, 3.63) is 35.6 Å². The minimum Gasteiger partial charge on any atom is -0.479 e. The number of amides is 1. The smallest absolute Gasteiger partial charge is 0.332 e. The zero-order valence-electron chi connectivity index (χ0n) is 13.2. The second kappa shape index (κ2) is 8.06. The summed E-state index contributed by atoms with van der Waals surface area (Å²) in [6.45, 7) is 3.01. The van der Waals surface area contributed by atoms with Crippen LogP contribution in [0, 0.1) is 5.82 Å². The van der Waals surface area contributed by atoms with Crippen molar-refractivity contribution < 1.29 is 23.8 Å². The predicted octanol–water partition coefficient (Wildman–Crippen LogP) is 2.24. The van der Waals surface area contributed by atoms with Crippen LogP contribution in [0.2, 0.25) is 0 Å². The summed E-state index contributed by atoms with van der Waals surface area (Å²) in [5.41, 5.74) is 0.828. The minimum atomic E-state index is -1.03. The number of ether oxygens (including phenoxy) is 1. The molecule has 1 saturated heterocycles. The van der Waals surface area contributed by atoms with Crippen LogP contribution in [-0.4, -0.2) is 47.2 Å². The van der Waals surface area contributed by atoms with Gasteiger partial charge in [0.25, 0.3) is 5.91 Å². The van der Waals surface area contributed by atoms with Crippen molar-refractivity contribution in [1.82, 2.24) is 4.90 Å². The molecular weight excluding hydrogens is 301 g/mol. The number of hydrogen-bond acceptors (Lipinski definition) is 3. The van der Waals surface area contributed by atoms with Gasteiger partial charge in [-0.2, -0.15) is 0 Å². The molecule has 126 valence electrons. The van der Waals surface area contributed by atoms with E-state index in [2.05, 4.69) is 0 Å². The molecule has 1 aromatic carbocycles. The van der Waals surface area contributed by atoms with E-state index in [0.717, 1.165) is 12.0 Å². The highest BCUT2D eigenvalue weighted by atomic mass is 19.1. The van der Waals surface area contributed by atoms with Gasteiger partial charge in [0, 0.05) is 13.1 Å². The van der Waals surface area contributed by atoms with Crippen molar-refractivity contribution in [3.63, 3.8) is 0 Å². The first-order valence-corrected chi connectivity index (χ1v) is 7.92. The average molecular weight is 323 g/mol. The molecule has 1 aliphatic heterocycles. The van der Waals surface area contributed by atoms with Gasteiger partial charge in [0.1, 0.15) is 11.9 Å².